The van der Waals surface area contributed by atoms with Crippen molar-refractivity contribution in [2.45, 2.75) is 0 Å². The third kappa shape index (κ3) is 9.00. The summed E-state index contributed by atoms with van der Waals surface area (Å²) in [7, 11) is 0. The Kier molecular flexibility index (Phi) is 188. The van der Waals surface area contributed by atoms with Gasteiger partial charge in [-0.3, -0.25) is 0 Å². The maximum atomic E-state index is 0. The van der Waals surface area contributed by atoms with Crippen LogP contribution in [0, 0.1) is 35.6 Å². The van der Waals surface area contributed by atoms with Crippen molar-refractivity contribution < 1.29 is 72.8 Å². The Morgan fingerprint density at radius 1 is 0.750 bits per heavy atom. The third-order valence-corrected chi connectivity index (χ3v) is 0. The van der Waals surface area contributed by atoms with E-state index in [4.69, 9.17) is 0 Å². The third-order valence-electron chi connectivity index (χ3n) is 0. The Balaban J connectivity index is 0. The predicted molar refractivity (Wildman–Crippen MR) is 1.37 cm³/mol. The molecule has 0 aromatic rings. The summed E-state index contributed by atoms with van der Waals surface area (Å²) in [6.45, 7) is 0. The molecule has 2 nitrogen and oxygen atoms in total. The topological polar surface area (TPSA) is 57.0 Å². The zero-order chi connectivity index (χ0) is 0. The van der Waals surface area contributed by atoms with Gasteiger partial charge in [0, 0.05) is 35.6 Å². The zero-order valence-electron chi connectivity index (χ0n) is 1.89. The predicted octanol–water partition coefficient (Wildman–Crippen LogP) is -0.240. The molecular formula is LaO2Zr. The average Bonchev–Trinajstić information content (AvgIpc) is 0. The molecular weight excluding hydrogens is 262 g/mol. The maximum Gasteiger partial charge on any atom is 4.00 e. The van der Waals surface area contributed by atoms with E-state index in [0.717, 1.165) is 0 Å². The molecule has 0 bridgehead atoms. The van der Waals surface area contributed by atoms with Crippen molar-refractivity contribution in [3.05, 3.63) is 0 Å². The summed E-state index contributed by atoms with van der Waals surface area (Å²) in [6, 6.07) is 0. The van der Waals surface area contributed by atoms with Crippen LogP contribution >= 0.6 is 0 Å². The van der Waals surface area contributed by atoms with Crippen molar-refractivity contribution in [1.29, 1.82) is 0 Å². The van der Waals surface area contributed by atoms with E-state index in [9.17, 15) is 0 Å². The normalized spacial score (nSPS) is 0. The van der Waals surface area contributed by atoms with Crippen LogP contribution in [0.15, 0.2) is 0 Å². The Morgan fingerprint density at radius 2 is 0.750 bits per heavy atom. The van der Waals surface area contributed by atoms with Crippen LogP contribution in [0.25, 0.3) is 0 Å². The maximum absolute atomic E-state index is 0. The van der Waals surface area contributed by atoms with Crippen LogP contribution in [0.2, 0.25) is 0 Å². The molecule has 0 aliphatic rings. The molecule has 0 fully saturated rings. The van der Waals surface area contributed by atoms with E-state index in [0.29, 0.717) is 0 Å². The van der Waals surface area contributed by atoms with Crippen molar-refractivity contribution in [2.24, 2.45) is 0 Å². The summed E-state index contributed by atoms with van der Waals surface area (Å²) >= 11 is 0. The van der Waals surface area contributed by atoms with Gasteiger partial charge in [-0.1, -0.05) is 0 Å². The summed E-state index contributed by atoms with van der Waals surface area (Å²) in [4.78, 5) is 0. The monoisotopic (exact) mass is 261 g/mol. The van der Waals surface area contributed by atoms with Crippen LogP contribution in [0.1, 0.15) is 0 Å². The van der Waals surface area contributed by atoms with Crippen LogP contribution < -0.4 is 0 Å². The van der Waals surface area contributed by atoms with Gasteiger partial charge in [0.1, 0.15) is 0 Å². The van der Waals surface area contributed by atoms with Gasteiger partial charge in [-0.05, 0) is 0 Å². The molecule has 0 N–H and O–H groups in total. The Morgan fingerprint density at radius 3 is 0.750 bits per heavy atom. The molecule has 0 atom stereocenters. The van der Waals surface area contributed by atoms with E-state index >= 15 is 0 Å². The molecule has 19 valence electrons. The molecule has 0 amide bonds. The minimum Gasteiger partial charge on any atom is -2.00 e. The fraction of sp³-hybridized carbons (Fsp3) is 0. The molecule has 0 aliphatic heterocycles. The van der Waals surface area contributed by atoms with Crippen LogP contribution in [-0.2, 0) is 37.2 Å². The quantitative estimate of drug-likeness (QED) is 0.578. The Bertz CT molecular complexity index is 6.00. The molecule has 4 heavy (non-hydrogen) atoms. The first-order valence-electron chi connectivity index (χ1n) is 0. The first-order chi connectivity index (χ1) is 0. The SMILES string of the molecule is [La].[O-2].[O-2].[Zr+4]. The van der Waals surface area contributed by atoms with E-state index in [1.54, 1.807) is 0 Å². The average molecular weight is 262 g/mol. The molecule has 1 radical (unpaired) electrons. The van der Waals surface area contributed by atoms with Crippen LogP contribution in [0.4, 0.5) is 0 Å². The first-order valence-corrected chi connectivity index (χ1v) is 0. The standard InChI is InChI=1S/La.2O.Zr/q;2*-2;+4. The smallest absolute Gasteiger partial charge is 2.00 e. The van der Waals surface area contributed by atoms with Crippen LogP contribution in [0.3, 0.4) is 0 Å². The molecule has 0 rings (SSSR count). The van der Waals surface area contributed by atoms with E-state index in [1.807, 2.05) is 0 Å². The van der Waals surface area contributed by atoms with Gasteiger partial charge in [0.15, 0.2) is 0 Å². The molecule has 4 heteroatoms. The zero-order valence-corrected chi connectivity index (χ0v) is 7.98. The Hall–Kier alpha value is 2.00. The van der Waals surface area contributed by atoms with Crippen molar-refractivity contribution in [2.75, 3.05) is 0 Å². The van der Waals surface area contributed by atoms with Gasteiger partial charge in [0.25, 0.3) is 0 Å². The van der Waals surface area contributed by atoms with Gasteiger partial charge in [-0.25, -0.2) is 0 Å². The van der Waals surface area contributed by atoms with E-state index in [1.165, 1.54) is 0 Å². The largest absolute Gasteiger partial charge is 4.00 e. The molecule has 0 saturated carbocycles. The van der Waals surface area contributed by atoms with E-state index < -0.39 is 0 Å². The second kappa shape index (κ2) is 20.0. The molecule has 0 aromatic heterocycles. The number of hydrogen-bond acceptors (Lipinski definition) is 0. The minimum absolute atomic E-state index is 0. The summed E-state index contributed by atoms with van der Waals surface area (Å²) in [5.41, 5.74) is 0. The van der Waals surface area contributed by atoms with Crippen molar-refractivity contribution in [3.8, 4) is 0 Å². The molecule has 0 aromatic carbocycles. The fourth-order valence-electron chi connectivity index (χ4n) is 0. The van der Waals surface area contributed by atoms with Crippen molar-refractivity contribution >= 4 is 0 Å². The summed E-state index contributed by atoms with van der Waals surface area (Å²) < 4.78 is 0. The van der Waals surface area contributed by atoms with Crippen molar-refractivity contribution in [1.82, 2.24) is 0 Å². The van der Waals surface area contributed by atoms with Crippen molar-refractivity contribution in [3.63, 3.8) is 0 Å². The minimum atomic E-state index is 0. The molecule has 0 unspecified atom stereocenters. The van der Waals surface area contributed by atoms with Gasteiger partial charge in [0.2, 0.25) is 0 Å². The fourth-order valence-corrected chi connectivity index (χ4v) is 0. The summed E-state index contributed by atoms with van der Waals surface area (Å²) in [5, 5.41) is 0. The summed E-state index contributed by atoms with van der Waals surface area (Å²) in [6.07, 6.45) is 0. The van der Waals surface area contributed by atoms with Gasteiger partial charge < -0.3 is 11.0 Å². The first kappa shape index (κ1) is 37.5. The van der Waals surface area contributed by atoms with Gasteiger partial charge in [-0.15, -0.1) is 0 Å². The summed E-state index contributed by atoms with van der Waals surface area (Å²) in [5.74, 6) is 0. The van der Waals surface area contributed by atoms with E-state index in [-0.39, 0.29) is 72.8 Å². The molecule has 0 aliphatic carbocycles. The van der Waals surface area contributed by atoms with Crippen LogP contribution in [-0.4, -0.2) is 0 Å². The Labute approximate surface area is 71.7 Å². The number of rotatable bonds is 0. The van der Waals surface area contributed by atoms with Gasteiger partial charge in [0.05, 0.1) is 0 Å². The van der Waals surface area contributed by atoms with Gasteiger partial charge in [-0.2, -0.15) is 0 Å². The second-order valence-corrected chi connectivity index (χ2v) is 0. The second-order valence-electron chi connectivity index (χ2n) is 0. The number of hydrogen-bond donors (Lipinski definition) is 0. The molecule has 0 heterocycles. The molecule has 0 saturated heterocycles. The van der Waals surface area contributed by atoms with Gasteiger partial charge >= 0.3 is 26.2 Å². The van der Waals surface area contributed by atoms with E-state index in [2.05, 4.69) is 0 Å². The van der Waals surface area contributed by atoms with Crippen LogP contribution in [0.5, 0.6) is 0 Å². The molecule has 0 spiro atoms.